The number of aromatic nitrogens is 3. The summed E-state index contributed by atoms with van der Waals surface area (Å²) in [5, 5.41) is 4.75. The van der Waals surface area contributed by atoms with Crippen LogP contribution in [-0.4, -0.2) is 15.0 Å². The molecule has 0 saturated carbocycles. The van der Waals surface area contributed by atoms with Gasteiger partial charge in [0.25, 0.3) is 0 Å². The highest BCUT2D eigenvalue weighted by atomic mass is 14.7. The summed E-state index contributed by atoms with van der Waals surface area (Å²) in [4.78, 5) is 14.7. The van der Waals surface area contributed by atoms with Crippen LogP contribution in [0.2, 0.25) is 0 Å². The van der Waals surface area contributed by atoms with Gasteiger partial charge in [0.1, 0.15) is 0 Å². The second-order valence-electron chi connectivity index (χ2n) is 10.9. The summed E-state index contributed by atoms with van der Waals surface area (Å²) in [6, 6.07) is 53.0. The van der Waals surface area contributed by atoms with Crippen LogP contribution in [0.15, 0.2) is 164 Å². The molecule has 0 N–H and O–H groups in total. The summed E-state index contributed by atoms with van der Waals surface area (Å²) in [6.07, 6.45) is 3.68. The molecule has 0 aliphatic carbocycles. The second-order valence-corrected chi connectivity index (χ2v) is 10.9. The van der Waals surface area contributed by atoms with Crippen molar-refractivity contribution in [3.8, 4) is 56.2 Å². The van der Waals surface area contributed by atoms with Crippen molar-refractivity contribution in [2.24, 2.45) is 0 Å². The average molecular weight is 562 g/mol. The van der Waals surface area contributed by atoms with Gasteiger partial charge in [-0.2, -0.15) is 0 Å². The monoisotopic (exact) mass is 561 g/mol. The van der Waals surface area contributed by atoms with Crippen LogP contribution in [0.25, 0.3) is 77.7 Å². The lowest BCUT2D eigenvalue weighted by molar-refractivity contribution is 1.31. The number of fused-ring (bicyclic) bond motifs is 2. The van der Waals surface area contributed by atoms with Gasteiger partial charge in [0.2, 0.25) is 0 Å². The number of nitrogens with zero attached hydrogens (tertiary/aromatic N) is 3. The molecule has 0 bridgehead atoms. The molecular formula is C41H27N3. The first-order valence-corrected chi connectivity index (χ1v) is 14.8. The zero-order valence-electron chi connectivity index (χ0n) is 23.9. The van der Waals surface area contributed by atoms with Crippen molar-refractivity contribution in [1.82, 2.24) is 15.0 Å². The maximum absolute atomic E-state index is 5.34. The molecular weight excluding hydrogens is 534 g/mol. The first-order chi connectivity index (χ1) is 21.8. The van der Waals surface area contributed by atoms with E-state index in [2.05, 4.69) is 137 Å². The highest BCUT2D eigenvalue weighted by Gasteiger charge is 2.15. The van der Waals surface area contributed by atoms with Gasteiger partial charge in [-0.3, -0.25) is 9.97 Å². The van der Waals surface area contributed by atoms with Gasteiger partial charge in [-0.15, -0.1) is 0 Å². The van der Waals surface area contributed by atoms with Crippen LogP contribution in [0.1, 0.15) is 0 Å². The van der Waals surface area contributed by atoms with Crippen molar-refractivity contribution in [3.05, 3.63) is 164 Å². The van der Waals surface area contributed by atoms with Crippen molar-refractivity contribution in [3.63, 3.8) is 0 Å². The van der Waals surface area contributed by atoms with Gasteiger partial charge in [-0.1, -0.05) is 97.1 Å². The molecule has 3 heterocycles. The summed E-state index contributed by atoms with van der Waals surface area (Å²) in [5.41, 5.74) is 10.2. The maximum atomic E-state index is 5.34. The Bertz CT molecular complexity index is 2110. The van der Waals surface area contributed by atoms with Gasteiger partial charge in [-0.05, 0) is 87.3 Å². The summed E-state index contributed by atoms with van der Waals surface area (Å²) in [6.45, 7) is 0. The van der Waals surface area contributed by atoms with Crippen LogP contribution in [0.4, 0.5) is 0 Å². The Morgan fingerprint density at radius 2 is 0.750 bits per heavy atom. The Labute approximate surface area is 256 Å². The van der Waals surface area contributed by atoms with E-state index in [0.717, 1.165) is 56.2 Å². The largest absolute Gasteiger partial charge is 0.256 e. The van der Waals surface area contributed by atoms with Crippen molar-refractivity contribution in [2.75, 3.05) is 0 Å². The fourth-order valence-electron chi connectivity index (χ4n) is 6.03. The molecule has 0 fully saturated rings. The molecule has 3 heteroatoms. The molecule has 3 aromatic heterocycles. The second kappa shape index (κ2) is 11.0. The van der Waals surface area contributed by atoms with Crippen molar-refractivity contribution in [1.29, 1.82) is 0 Å². The van der Waals surface area contributed by atoms with Gasteiger partial charge in [0.05, 0.1) is 22.8 Å². The van der Waals surface area contributed by atoms with Crippen molar-refractivity contribution in [2.45, 2.75) is 0 Å². The molecule has 8 aromatic rings. The third-order valence-corrected chi connectivity index (χ3v) is 8.14. The predicted octanol–water partition coefficient (Wildman–Crippen LogP) is 10.5. The van der Waals surface area contributed by atoms with E-state index >= 15 is 0 Å². The Hall–Kier alpha value is -5.93. The highest BCUT2D eigenvalue weighted by molar-refractivity contribution is 5.99. The van der Waals surface area contributed by atoms with E-state index in [0.29, 0.717) is 0 Å². The van der Waals surface area contributed by atoms with Crippen LogP contribution < -0.4 is 0 Å². The van der Waals surface area contributed by atoms with E-state index < -0.39 is 0 Å². The minimum atomic E-state index is 0.921. The summed E-state index contributed by atoms with van der Waals surface area (Å²) >= 11 is 0. The van der Waals surface area contributed by atoms with Crippen LogP contribution >= 0.6 is 0 Å². The molecule has 5 aromatic carbocycles. The molecule has 0 atom stereocenters. The molecule has 0 amide bonds. The van der Waals surface area contributed by atoms with E-state index in [1.807, 2.05) is 36.7 Å². The molecule has 206 valence electrons. The molecule has 8 rings (SSSR count). The van der Waals surface area contributed by atoms with E-state index in [-0.39, 0.29) is 0 Å². The summed E-state index contributed by atoms with van der Waals surface area (Å²) in [7, 11) is 0. The third-order valence-electron chi connectivity index (χ3n) is 8.14. The van der Waals surface area contributed by atoms with Crippen LogP contribution in [0.5, 0.6) is 0 Å². The molecule has 0 aliphatic rings. The molecule has 3 nitrogen and oxygen atoms in total. The van der Waals surface area contributed by atoms with E-state index in [9.17, 15) is 0 Å². The minimum absolute atomic E-state index is 0.921. The predicted molar refractivity (Wildman–Crippen MR) is 182 cm³/mol. The Balaban J connectivity index is 1.41. The Kier molecular flexibility index (Phi) is 6.47. The third kappa shape index (κ3) is 4.81. The Morgan fingerprint density at radius 3 is 1.25 bits per heavy atom. The van der Waals surface area contributed by atoms with Gasteiger partial charge in [-0.25, -0.2) is 4.98 Å². The fraction of sp³-hybridized carbons (Fsp3) is 0. The van der Waals surface area contributed by atoms with Gasteiger partial charge in [0.15, 0.2) is 0 Å². The van der Waals surface area contributed by atoms with E-state index in [1.54, 1.807) is 0 Å². The number of hydrogen-bond donors (Lipinski definition) is 0. The number of pyridine rings is 3. The van der Waals surface area contributed by atoms with Crippen LogP contribution in [0.3, 0.4) is 0 Å². The smallest absolute Gasteiger partial charge is 0.0721 e. The zero-order chi connectivity index (χ0) is 29.3. The average Bonchev–Trinajstić information content (AvgIpc) is 3.11. The van der Waals surface area contributed by atoms with Crippen molar-refractivity contribution < 1.29 is 0 Å². The first-order valence-electron chi connectivity index (χ1n) is 14.8. The molecule has 0 aliphatic heterocycles. The normalized spacial score (nSPS) is 11.2. The quantitative estimate of drug-likeness (QED) is 0.210. The van der Waals surface area contributed by atoms with Gasteiger partial charge in [0, 0.05) is 34.6 Å². The lowest BCUT2D eigenvalue weighted by Crippen LogP contribution is -1.94. The standard InChI is InChI=1S/C41H27N3/c1-3-15-34-28(11-1)13-9-17-36(34)40-26-31(27-41(44-40)37-18-10-14-29-12-2-4-16-35(29)37)30-23-32(38-19-5-7-21-42-38)25-33(24-30)39-20-6-8-22-43-39/h1-27H. The topological polar surface area (TPSA) is 38.7 Å². The molecule has 0 spiro atoms. The van der Waals surface area contributed by atoms with E-state index in [1.165, 1.54) is 21.5 Å². The molecule has 0 saturated heterocycles. The molecule has 44 heavy (non-hydrogen) atoms. The summed E-state index contributed by atoms with van der Waals surface area (Å²) < 4.78 is 0. The minimum Gasteiger partial charge on any atom is -0.256 e. The molecule has 0 unspecified atom stereocenters. The van der Waals surface area contributed by atoms with Crippen LogP contribution in [0, 0.1) is 0 Å². The van der Waals surface area contributed by atoms with E-state index in [4.69, 9.17) is 4.98 Å². The number of rotatable bonds is 5. The Morgan fingerprint density at radius 1 is 0.318 bits per heavy atom. The molecule has 0 radical (unpaired) electrons. The van der Waals surface area contributed by atoms with Crippen molar-refractivity contribution >= 4 is 21.5 Å². The first kappa shape index (κ1) is 25.8. The number of hydrogen-bond acceptors (Lipinski definition) is 3. The summed E-state index contributed by atoms with van der Waals surface area (Å²) in [5.74, 6) is 0. The SMILES string of the molecule is c1ccc(-c2cc(-c3cc(-c4cccc5ccccc45)nc(-c4cccc5ccccc45)c3)cc(-c3ccccn3)c2)nc1. The van der Waals surface area contributed by atoms with Gasteiger partial charge < -0.3 is 0 Å². The van der Waals surface area contributed by atoms with Crippen LogP contribution in [-0.2, 0) is 0 Å². The number of benzene rings is 5. The maximum Gasteiger partial charge on any atom is 0.0721 e. The highest BCUT2D eigenvalue weighted by Crippen LogP contribution is 2.38. The fourth-order valence-corrected chi connectivity index (χ4v) is 6.03. The zero-order valence-corrected chi connectivity index (χ0v) is 23.9. The van der Waals surface area contributed by atoms with Gasteiger partial charge >= 0.3 is 0 Å². The lowest BCUT2D eigenvalue weighted by Gasteiger charge is -2.15. The lowest BCUT2D eigenvalue weighted by atomic mass is 9.93.